The summed E-state index contributed by atoms with van der Waals surface area (Å²) in [5.41, 5.74) is 1.34. The lowest BCUT2D eigenvalue weighted by atomic mass is 9.85. The van der Waals surface area contributed by atoms with Gasteiger partial charge in [-0.2, -0.15) is 0 Å². The Morgan fingerprint density at radius 3 is 2.65 bits per heavy atom. The molecule has 5 nitrogen and oxygen atoms in total. The second-order valence-corrected chi connectivity index (χ2v) is 6.05. The molecule has 3 rings (SSSR count). The van der Waals surface area contributed by atoms with E-state index in [1.54, 1.807) is 19.5 Å². The highest BCUT2D eigenvalue weighted by atomic mass is 16.5. The molecule has 1 saturated heterocycles. The van der Waals surface area contributed by atoms with Gasteiger partial charge in [0.05, 0.1) is 7.11 Å². The van der Waals surface area contributed by atoms with Crippen molar-refractivity contribution in [3.05, 3.63) is 48.3 Å². The van der Waals surface area contributed by atoms with Gasteiger partial charge in [0.25, 0.3) is 0 Å². The first-order chi connectivity index (χ1) is 11.3. The van der Waals surface area contributed by atoms with Crippen LogP contribution in [0.25, 0.3) is 0 Å². The van der Waals surface area contributed by atoms with Crippen LogP contribution in [0.15, 0.2) is 42.7 Å². The summed E-state index contributed by atoms with van der Waals surface area (Å²) in [5.74, 6) is 2.14. The zero-order valence-electron chi connectivity index (χ0n) is 13.8. The molecular weight excluding hydrogens is 288 g/mol. The Morgan fingerprint density at radius 2 is 1.96 bits per heavy atom. The van der Waals surface area contributed by atoms with Gasteiger partial charge < -0.3 is 10.1 Å². The number of methoxy groups -OCH3 is 1. The van der Waals surface area contributed by atoms with E-state index < -0.39 is 0 Å². The molecule has 0 bridgehead atoms. The maximum absolute atomic E-state index is 5.27. The van der Waals surface area contributed by atoms with Crippen LogP contribution in [0.3, 0.4) is 0 Å². The van der Waals surface area contributed by atoms with Crippen molar-refractivity contribution in [2.24, 2.45) is 5.92 Å². The SMILES string of the molecule is COc1ccc(C2C(CNc3ncccn3)CCCN2C)cc1. The van der Waals surface area contributed by atoms with Gasteiger partial charge in [0.15, 0.2) is 0 Å². The predicted molar refractivity (Wildman–Crippen MR) is 91.6 cm³/mol. The fourth-order valence-electron chi connectivity index (χ4n) is 3.41. The number of hydrogen-bond donors (Lipinski definition) is 1. The summed E-state index contributed by atoms with van der Waals surface area (Å²) < 4.78 is 5.27. The van der Waals surface area contributed by atoms with Crippen LogP contribution in [0.5, 0.6) is 5.75 Å². The predicted octanol–water partition coefficient (Wildman–Crippen LogP) is 2.98. The molecule has 5 heteroatoms. The lowest BCUT2D eigenvalue weighted by Crippen LogP contribution is -2.39. The second kappa shape index (κ2) is 7.42. The van der Waals surface area contributed by atoms with Crippen LogP contribution in [-0.2, 0) is 0 Å². The summed E-state index contributed by atoms with van der Waals surface area (Å²) in [4.78, 5) is 10.9. The monoisotopic (exact) mass is 312 g/mol. The third-order valence-corrected chi connectivity index (χ3v) is 4.55. The summed E-state index contributed by atoms with van der Waals surface area (Å²) in [7, 11) is 3.91. The summed E-state index contributed by atoms with van der Waals surface area (Å²) in [6.07, 6.45) is 5.97. The van der Waals surface area contributed by atoms with Crippen LogP contribution in [0.4, 0.5) is 5.95 Å². The average Bonchev–Trinajstić information content (AvgIpc) is 2.61. The van der Waals surface area contributed by atoms with Crippen LogP contribution in [0, 0.1) is 5.92 Å². The molecule has 1 aliphatic rings. The maximum atomic E-state index is 5.27. The van der Waals surface area contributed by atoms with E-state index in [4.69, 9.17) is 4.74 Å². The summed E-state index contributed by atoms with van der Waals surface area (Å²) in [5, 5.41) is 3.38. The molecule has 1 aromatic carbocycles. The molecule has 2 heterocycles. The standard InChI is InChI=1S/C18H24N4O/c1-22-12-3-5-15(13-21-18-19-10-4-11-20-18)17(22)14-6-8-16(23-2)9-7-14/h4,6-11,15,17H,3,5,12-13H2,1-2H3,(H,19,20,21). The van der Waals surface area contributed by atoms with Gasteiger partial charge in [0.2, 0.25) is 5.95 Å². The Kier molecular flexibility index (Phi) is 5.08. The van der Waals surface area contributed by atoms with E-state index in [-0.39, 0.29) is 0 Å². The van der Waals surface area contributed by atoms with E-state index in [0.717, 1.165) is 18.8 Å². The highest BCUT2D eigenvalue weighted by Crippen LogP contribution is 2.35. The molecule has 122 valence electrons. The Bertz CT molecular complexity index is 602. The zero-order valence-corrected chi connectivity index (χ0v) is 13.8. The molecule has 2 atom stereocenters. The number of rotatable bonds is 5. The minimum Gasteiger partial charge on any atom is -0.497 e. The smallest absolute Gasteiger partial charge is 0.222 e. The van der Waals surface area contributed by atoms with Crippen molar-refractivity contribution in [3.8, 4) is 5.75 Å². The van der Waals surface area contributed by atoms with Gasteiger partial charge in [-0.1, -0.05) is 12.1 Å². The summed E-state index contributed by atoms with van der Waals surface area (Å²) >= 11 is 0. The number of hydrogen-bond acceptors (Lipinski definition) is 5. The molecule has 2 unspecified atom stereocenters. The van der Waals surface area contributed by atoms with Gasteiger partial charge in [0, 0.05) is 25.0 Å². The van der Waals surface area contributed by atoms with Gasteiger partial charge in [-0.15, -0.1) is 0 Å². The van der Waals surface area contributed by atoms with Crippen molar-refractivity contribution in [1.29, 1.82) is 0 Å². The Balaban J connectivity index is 1.73. The fourth-order valence-corrected chi connectivity index (χ4v) is 3.41. The van der Waals surface area contributed by atoms with Crippen LogP contribution in [0.2, 0.25) is 0 Å². The van der Waals surface area contributed by atoms with Crippen molar-refractivity contribution in [2.45, 2.75) is 18.9 Å². The molecule has 0 radical (unpaired) electrons. The quantitative estimate of drug-likeness (QED) is 0.920. The molecule has 2 aromatic rings. The van der Waals surface area contributed by atoms with Crippen LogP contribution < -0.4 is 10.1 Å². The van der Waals surface area contributed by atoms with E-state index in [9.17, 15) is 0 Å². The molecule has 0 spiro atoms. The van der Waals surface area contributed by atoms with E-state index >= 15 is 0 Å². The lowest BCUT2D eigenvalue weighted by molar-refractivity contribution is 0.127. The van der Waals surface area contributed by atoms with Crippen molar-refractivity contribution in [3.63, 3.8) is 0 Å². The number of benzene rings is 1. The fraction of sp³-hybridized carbons (Fsp3) is 0.444. The molecule has 0 saturated carbocycles. The first-order valence-electron chi connectivity index (χ1n) is 8.13. The largest absolute Gasteiger partial charge is 0.497 e. The van der Waals surface area contributed by atoms with Gasteiger partial charge in [-0.05, 0) is 56.1 Å². The number of anilines is 1. The second-order valence-electron chi connectivity index (χ2n) is 6.05. The molecule has 0 amide bonds. The first kappa shape index (κ1) is 15.7. The minimum absolute atomic E-state index is 0.408. The topological polar surface area (TPSA) is 50.3 Å². The van der Waals surface area contributed by atoms with Crippen molar-refractivity contribution >= 4 is 5.95 Å². The number of likely N-dealkylation sites (tertiary alicyclic amines) is 1. The normalized spacial score (nSPS) is 21.8. The average molecular weight is 312 g/mol. The number of aromatic nitrogens is 2. The highest BCUT2D eigenvalue weighted by Gasteiger charge is 2.30. The van der Waals surface area contributed by atoms with Crippen LogP contribution >= 0.6 is 0 Å². The first-order valence-corrected chi connectivity index (χ1v) is 8.13. The Morgan fingerprint density at radius 1 is 1.22 bits per heavy atom. The minimum atomic E-state index is 0.408. The van der Waals surface area contributed by atoms with Gasteiger partial charge in [-0.3, -0.25) is 4.90 Å². The van der Waals surface area contributed by atoms with Crippen molar-refractivity contribution in [2.75, 3.05) is 32.6 Å². The van der Waals surface area contributed by atoms with Crippen LogP contribution in [-0.4, -0.2) is 42.1 Å². The molecule has 1 N–H and O–H groups in total. The number of nitrogens with zero attached hydrogens (tertiary/aromatic N) is 3. The Hall–Kier alpha value is -2.14. The van der Waals surface area contributed by atoms with Gasteiger partial charge >= 0.3 is 0 Å². The molecular formula is C18H24N4O. The third kappa shape index (κ3) is 3.79. The number of piperidine rings is 1. The third-order valence-electron chi connectivity index (χ3n) is 4.55. The maximum Gasteiger partial charge on any atom is 0.222 e. The van der Waals surface area contributed by atoms with Crippen molar-refractivity contribution in [1.82, 2.24) is 14.9 Å². The molecule has 1 fully saturated rings. The molecule has 23 heavy (non-hydrogen) atoms. The van der Waals surface area contributed by atoms with Gasteiger partial charge in [0.1, 0.15) is 5.75 Å². The van der Waals surface area contributed by atoms with E-state index in [1.807, 2.05) is 18.2 Å². The number of ether oxygens (including phenoxy) is 1. The Labute approximate surface area is 137 Å². The van der Waals surface area contributed by atoms with E-state index in [1.165, 1.54) is 18.4 Å². The van der Waals surface area contributed by atoms with Crippen molar-refractivity contribution < 1.29 is 4.74 Å². The number of nitrogens with one attached hydrogen (secondary N) is 1. The van der Waals surface area contributed by atoms with E-state index in [0.29, 0.717) is 17.9 Å². The molecule has 1 aliphatic heterocycles. The summed E-state index contributed by atoms with van der Waals surface area (Å²) in [6, 6.07) is 10.7. The molecule has 1 aromatic heterocycles. The molecule has 0 aliphatic carbocycles. The van der Waals surface area contributed by atoms with Gasteiger partial charge in [-0.25, -0.2) is 9.97 Å². The zero-order chi connectivity index (χ0) is 16.1. The van der Waals surface area contributed by atoms with E-state index in [2.05, 4.69) is 39.4 Å². The lowest BCUT2D eigenvalue weighted by Gasteiger charge is -2.39. The highest BCUT2D eigenvalue weighted by molar-refractivity contribution is 5.30. The van der Waals surface area contributed by atoms with Crippen LogP contribution in [0.1, 0.15) is 24.4 Å². The summed E-state index contributed by atoms with van der Waals surface area (Å²) in [6.45, 7) is 2.01.